The molecular formula is C30H30ClN7O2. The van der Waals surface area contributed by atoms with E-state index in [1.807, 2.05) is 43.5 Å². The van der Waals surface area contributed by atoms with Gasteiger partial charge < -0.3 is 19.5 Å². The molecule has 0 radical (unpaired) electrons. The molecule has 9 nitrogen and oxygen atoms in total. The van der Waals surface area contributed by atoms with Crippen LogP contribution in [0.5, 0.6) is 0 Å². The Bertz CT molecular complexity index is 1640. The van der Waals surface area contributed by atoms with Crippen molar-refractivity contribution in [2.75, 3.05) is 24.5 Å². The average molecular weight is 556 g/mol. The van der Waals surface area contributed by atoms with Gasteiger partial charge in [0.05, 0.1) is 29.6 Å². The van der Waals surface area contributed by atoms with Crippen molar-refractivity contribution in [1.82, 2.24) is 24.2 Å². The highest BCUT2D eigenvalue weighted by atomic mass is 35.5. The Hall–Kier alpha value is -4.29. The number of benzene rings is 2. The number of carboxylic acid groups (broad SMARTS) is 1. The van der Waals surface area contributed by atoms with Crippen LogP contribution in [-0.2, 0) is 6.54 Å². The standard InChI is InChI=1S/C30H30ClN7O2/c1-30(2,3)38(29(39)40)16-20-10-11-35(15-20)23-8-9-25-22(12-23)17-36-26(28-34-33-18-37(25)28)13-24(27(36)31)21-6-4-19(14-32)5-7-21/h4-9,12-13,18,20H,10-11,15-17H2,1-3H3,(H,39,40)/t20-/m0/s1. The van der Waals surface area contributed by atoms with Crippen molar-refractivity contribution in [2.24, 2.45) is 5.92 Å². The van der Waals surface area contributed by atoms with Crippen LogP contribution in [0.15, 0.2) is 54.9 Å². The molecule has 4 aromatic rings. The summed E-state index contributed by atoms with van der Waals surface area (Å²) in [6.45, 7) is 8.56. The Labute approximate surface area is 237 Å². The number of nitriles is 1. The second-order valence-corrected chi connectivity index (χ2v) is 11.9. The van der Waals surface area contributed by atoms with Crippen molar-refractivity contribution in [3.05, 3.63) is 71.1 Å². The number of fused-ring (bicyclic) bond motifs is 5. The first-order chi connectivity index (χ1) is 19.1. The fourth-order valence-corrected chi connectivity index (χ4v) is 6.11. The Morgan fingerprint density at radius 1 is 1.20 bits per heavy atom. The zero-order chi connectivity index (χ0) is 28.2. The largest absolute Gasteiger partial charge is 0.465 e. The molecule has 204 valence electrons. The minimum atomic E-state index is -0.875. The van der Waals surface area contributed by atoms with E-state index in [-0.39, 0.29) is 5.92 Å². The molecule has 0 spiro atoms. The van der Waals surface area contributed by atoms with Gasteiger partial charge in [0, 0.05) is 36.4 Å². The van der Waals surface area contributed by atoms with Gasteiger partial charge in [0.2, 0.25) is 0 Å². The molecule has 0 saturated carbocycles. The zero-order valence-corrected chi connectivity index (χ0v) is 23.4. The lowest BCUT2D eigenvalue weighted by Gasteiger charge is -2.35. The SMILES string of the molecule is CC(C)(C)N(C[C@H]1CCN(c2ccc3c(c2)Cn2c(cc(-c4ccc(C#N)cc4)c2Cl)-c2nncn2-3)C1)C(=O)O. The van der Waals surface area contributed by atoms with Crippen LogP contribution in [0.4, 0.5) is 10.5 Å². The van der Waals surface area contributed by atoms with E-state index in [1.165, 1.54) is 0 Å². The Morgan fingerprint density at radius 3 is 2.67 bits per heavy atom. The summed E-state index contributed by atoms with van der Waals surface area (Å²) in [5, 5.41) is 28.2. The average Bonchev–Trinajstić information content (AvgIpc) is 3.65. The number of halogens is 1. The molecule has 1 saturated heterocycles. The van der Waals surface area contributed by atoms with Gasteiger partial charge in [-0.15, -0.1) is 10.2 Å². The van der Waals surface area contributed by atoms with Crippen LogP contribution < -0.4 is 4.90 Å². The van der Waals surface area contributed by atoms with Crippen LogP contribution in [0.2, 0.25) is 5.15 Å². The molecule has 0 bridgehead atoms. The summed E-state index contributed by atoms with van der Waals surface area (Å²) >= 11 is 7.00. The third kappa shape index (κ3) is 4.48. The van der Waals surface area contributed by atoms with E-state index >= 15 is 0 Å². The van der Waals surface area contributed by atoms with Crippen molar-refractivity contribution in [1.29, 1.82) is 5.26 Å². The predicted molar refractivity (Wildman–Crippen MR) is 154 cm³/mol. The number of nitrogens with zero attached hydrogens (tertiary/aromatic N) is 7. The van der Waals surface area contributed by atoms with Crippen molar-refractivity contribution in [3.63, 3.8) is 0 Å². The number of carbonyl (C=O) groups is 1. The number of amides is 1. The molecule has 10 heteroatoms. The summed E-state index contributed by atoms with van der Waals surface area (Å²) in [6.07, 6.45) is 1.79. The molecule has 2 aliphatic rings. The minimum absolute atomic E-state index is 0.263. The van der Waals surface area contributed by atoms with E-state index in [4.69, 9.17) is 11.6 Å². The smallest absolute Gasteiger partial charge is 0.407 e. The van der Waals surface area contributed by atoms with Gasteiger partial charge in [0.25, 0.3) is 0 Å². The molecule has 0 unspecified atom stereocenters. The second-order valence-electron chi connectivity index (χ2n) is 11.5. The zero-order valence-electron chi connectivity index (χ0n) is 22.7. The number of hydrogen-bond donors (Lipinski definition) is 1. The van der Waals surface area contributed by atoms with Crippen molar-refractivity contribution in [3.8, 4) is 34.4 Å². The highest BCUT2D eigenvalue weighted by Crippen LogP contribution is 2.40. The van der Waals surface area contributed by atoms with E-state index in [0.717, 1.165) is 53.3 Å². The van der Waals surface area contributed by atoms with E-state index < -0.39 is 11.6 Å². The number of rotatable bonds is 4. The summed E-state index contributed by atoms with van der Waals surface area (Å²) in [7, 11) is 0. The van der Waals surface area contributed by atoms with Crippen LogP contribution in [0.3, 0.4) is 0 Å². The van der Waals surface area contributed by atoms with Crippen molar-refractivity contribution >= 4 is 23.4 Å². The number of hydrogen-bond acceptors (Lipinski definition) is 5. The molecule has 6 rings (SSSR count). The lowest BCUT2D eigenvalue weighted by Crippen LogP contribution is -2.47. The lowest BCUT2D eigenvalue weighted by molar-refractivity contribution is 0.0908. The summed E-state index contributed by atoms with van der Waals surface area (Å²) in [4.78, 5) is 15.8. The van der Waals surface area contributed by atoms with Crippen LogP contribution in [-0.4, -0.2) is 60.6 Å². The molecule has 2 aromatic carbocycles. The second kappa shape index (κ2) is 9.72. The maximum absolute atomic E-state index is 11.9. The third-order valence-electron chi connectivity index (χ3n) is 7.92. The normalized spacial score (nSPS) is 16.1. The van der Waals surface area contributed by atoms with Crippen LogP contribution in [0, 0.1) is 17.2 Å². The van der Waals surface area contributed by atoms with Gasteiger partial charge in [-0.1, -0.05) is 23.7 Å². The quantitative estimate of drug-likeness (QED) is 0.296. The first kappa shape index (κ1) is 26.0. The maximum Gasteiger partial charge on any atom is 0.407 e. The first-order valence-corrected chi connectivity index (χ1v) is 13.7. The molecule has 0 aliphatic carbocycles. The van der Waals surface area contributed by atoms with E-state index in [1.54, 1.807) is 23.4 Å². The number of aromatic nitrogens is 4. The third-order valence-corrected chi connectivity index (χ3v) is 8.32. The molecule has 1 atom stereocenters. The molecule has 4 heterocycles. The Kier molecular flexibility index (Phi) is 6.31. The Morgan fingerprint density at radius 2 is 1.98 bits per heavy atom. The van der Waals surface area contributed by atoms with Crippen LogP contribution in [0.1, 0.15) is 38.3 Å². The molecule has 2 aliphatic heterocycles. The van der Waals surface area contributed by atoms with E-state index in [0.29, 0.717) is 29.6 Å². The van der Waals surface area contributed by atoms with Crippen molar-refractivity contribution < 1.29 is 9.90 Å². The van der Waals surface area contributed by atoms with Gasteiger partial charge in [-0.2, -0.15) is 5.26 Å². The highest BCUT2D eigenvalue weighted by Gasteiger charge is 2.32. The molecule has 1 amide bonds. The van der Waals surface area contributed by atoms with E-state index in [2.05, 4.69) is 43.9 Å². The lowest BCUT2D eigenvalue weighted by atomic mass is 10.0. The molecule has 1 fully saturated rings. The minimum Gasteiger partial charge on any atom is -0.465 e. The monoisotopic (exact) mass is 555 g/mol. The van der Waals surface area contributed by atoms with Gasteiger partial charge in [-0.25, -0.2) is 4.79 Å². The van der Waals surface area contributed by atoms with Gasteiger partial charge in [-0.3, -0.25) is 4.57 Å². The summed E-state index contributed by atoms with van der Waals surface area (Å²) in [5.74, 6) is 0.976. The summed E-state index contributed by atoms with van der Waals surface area (Å²) in [6, 6.07) is 18.0. The molecule has 40 heavy (non-hydrogen) atoms. The Balaban J connectivity index is 1.32. The maximum atomic E-state index is 11.9. The molecular weight excluding hydrogens is 526 g/mol. The number of anilines is 1. The van der Waals surface area contributed by atoms with Gasteiger partial charge >= 0.3 is 6.09 Å². The van der Waals surface area contributed by atoms with Gasteiger partial charge in [-0.05, 0) is 80.6 Å². The highest BCUT2D eigenvalue weighted by molar-refractivity contribution is 6.32. The van der Waals surface area contributed by atoms with Crippen molar-refractivity contribution in [2.45, 2.75) is 39.3 Å². The van der Waals surface area contributed by atoms with Crippen LogP contribution >= 0.6 is 11.6 Å². The summed E-state index contributed by atoms with van der Waals surface area (Å²) in [5.41, 5.74) is 6.03. The van der Waals surface area contributed by atoms with Crippen LogP contribution in [0.25, 0.3) is 28.3 Å². The van der Waals surface area contributed by atoms with Gasteiger partial charge in [0.15, 0.2) is 5.82 Å². The predicted octanol–water partition coefficient (Wildman–Crippen LogP) is 5.89. The van der Waals surface area contributed by atoms with Gasteiger partial charge in [0.1, 0.15) is 11.5 Å². The fraction of sp³-hybridized carbons (Fsp3) is 0.333. The molecule has 1 N–H and O–H groups in total. The first-order valence-electron chi connectivity index (χ1n) is 13.3. The summed E-state index contributed by atoms with van der Waals surface area (Å²) < 4.78 is 4.06. The topological polar surface area (TPSA) is 103 Å². The van der Waals surface area contributed by atoms with E-state index in [9.17, 15) is 15.2 Å². The molecule has 2 aromatic heterocycles. The fourth-order valence-electron chi connectivity index (χ4n) is 5.79.